The highest BCUT2D eigenvalue weighted by atomic mass is 35.5. The molecule has 0 bridgehead atoms. The van der Waals surface area contributed by atoms with Gasteiger partial charge in [-0.15, -0.1) is 11.6 Å². The fourth-order valence-corrected chi connectivity index (χ4v) is 1.86. The Kier molecular flexibility index (Phi) is 2.03. The van der Waals surface area contributed by atoms with Crippen molar-refractivity contribution in [1.29, 1.82) is 0 Å². The molecule has 0 saturated heterocycles. The van der Waals surface area contributed by atoms with E-state index in [-0.39, 0.29) is 0 Å². The number of aromatic nitrogens is 2. The third-order valence-electron chi connectivity index (χ3n) is 1.82. The largest absolute Gasteiger partial charge is 0.317 e. The van der Waals surface area contributed by atoms with Gasteiger partial charge in [-0.25, -0.2) is 4.98 Å². The van der Waals surface area contributed by atoms with E-state index in [0.717, 1.165) is 16.6 Å². The summed E-state index contributed by atoms with van der Waals surface area (Å²) in [6, 6.07) is 3.95. The molecule has 2 heterocycles. The lowest BCUT2D eigenvalue weighted by Gasteiger charge is -1.91. The highest BCUT2D eigenvalue weighted by Crippen LogP contribution is 2.22. The first-order valence-electron chi connectivity index (χ1n) is 3.59. The standard InChI is InChI=1S/C8H8ClN2P/c9-4-6-5-11(12)8-7(6)2-1-3-10-8/h1-3,5H,4,12H2. The molecule has 0 aliphatic heterocycles. The molecule has 1 unspecified atom stereocenters. The molecule has 2 rings (SSSR count). The van der Waals surface area contributed by atoms with Crippen LogP contribution in [0.1, 0.15) is 5.56 Å². The summed E-state index contributed by atoms with van der Waals surface area (Å²) in [6.07, 6.45) is 3.76. The molecule has 0 fully saturated rings. The van der Waals surface area contributed by atoms with Gasteiger partial charge in [0.2, 0.25) is 0 Å². The summed E-state index contributed by atoms with van der Waals surface area (Å²) in [5.41, 5.74) is 2.08. The Morgan fingerprint density at radius 3 is 3.17 bits per heavy atom. The van der Waals surface area contributed by atoms with Crippen LogP contribution < -0.4 is 0 Å². The minimum atomic E-state index is 0.531. The minimum Gasteiger partial charge on any atom is -0.317 e. The van der Waals surface area contributed by atoms with E-state index in [4.69, 9.17) is 11.6 Å². The molecule has 2 aromatic rings. The Balaban J connectivity index is 2.82. The first-order valence-corrected chi connectivity index (χ1v) is 4.64. The molecule has 2 aromatic heterocycles. The van der Waals surface area contributed by atoms with Gasteiger partial charge in [-0.3, -0.25) is 0 Å². The van der Waals surface area contributed by atoms with E-state index in [9.17, 15) is 0 Å². The minimum absolute atomic E-state index is 0.531. The Morgan fingerprint density at radius 1 is 1.58 bits per heavy atom. The molecular formula is C8H8ClN2P. The molecule has 0 amide bonds. The van der Waals surface area contributed by atoms with Gasteiger partial charge in [0.25, 0.3) is 0 Å². The van der Waals surface area contributed by atoms with Crippen LogP contribution in [0, 0.1) is 0 Å². The molecule has 0 aliphatic rings. The van der Waals surface area contributed by atoms with Gasteiger partial charge in [-0.1, -0.05) is 0 Å². The molecule has 0 aliphatic carbocycles. The van der Waals surface area contributed by atoms with Gasteiger partial charge in [0.05, 0.1) is 0 Å². The second-order valence-electron chi connectivity index (χ2n) is 2.57. The lowest BCUT2D eigenvalue weighted by atomic mass is 10.2. The number of alkyl halides is 1. The molecule has 4 heteroatoms. The fourth-order valence-electron chi connectivity index (χ4n) is 1.26. The second kappa shape index (κ2) is 3.04. The Bertz CT molecular complexity index is 410. The summed E-state index contributed by atoms with van der Waals surface area (Å²) >= 11 is 5.77. The summed E-state index contributed by atoms with van der Waals surface area (Å²) in [5, 5.41) is 1.13. The average molecular weight is 199 g/mol. The molecule has 62 valence electrons. The molecule has 0 spiro atoms. The summed E-state index contributed by atoms with van der Waals surface area (Å²) in [6.45, 7) is 0. The van der Waals surface area contributed by atoms with Crippen molar-refractivity contribution >= 4 is 32.0 Å². The van der Waals surface area contributed by atoms with Crippen LogP contribution in [0.15, 0.2) is 24.5 Å². The topological polar surface area (TPSA) is 17.8 Å². The summed E-state index contributed by atoms with van der Waals surface area (Å²) in [7, 11) is 2.59. The second-order valence-corrected chi connectivity index (χ2v) is 3.39. The van der Waals surface area contributed by atoms with Crippen molar-refractivity contribution in [2.75, 3.05) is 0 Å². The van der Waals surface area contributed by atoms with Crippen LogP contribution in [0.5, 0.6) is 0 Å². The lowest BCUT2D eigenvalue weighted by molar-refractivity contribution is 1.25. The highest BCUT2D eigenvalue weighted by molar-refractivity contribution is 7.14. The zero-order valence-electron chi connectivity index (χ0n) is 6.37. The number of hydrogen-bond acceptors (Lipinski definition) is 1. The zero-order valence-corrected chi connectivity index (χ0v) is 8.28. The number of nitrogens with zero attached hydrogens (tertiary/aromatic N) is 2. The molecule has 0 radical (unpaired) electrons. The van der Waals surface area contributed by atoms with Gasteiger partial charge in [0, 0.05) is 23.7 Å². The maximum atomic E-state index is 5.77. The van der Waals surface area contributed by atoms with E-state index < -0.39 is 0 Å². The molecule has 2 nitrogen and oxygen atoms in total. The molecule has 12 heavy (non-hydrogen) atoms. The number of fused-ring (bicyclic) bond motifs is 1. The van der Waals surface area contributed by atoms with E-state index in [1.54, 1.807) is 6.20 Å². The summed E-state index contributed by atoms with van der Waals surface area (Å²) < 4.78 is 1.91. The Hall–Kier alpha value is -0.590. The van der Waals surface area contributed by atoms with Crippen molar-refractivity contribution in [2.24, 2.45) is 0 Å². The monoisotopic (exact) mass is 198 g/mol. The van der Waals surface area contributed by atoms with E-state index in [0.29, 0.717) is 5.88 Å². The zero-order chi connectivity index (χ0) is 8.55. The molecule has 0 saturated carbocycles. The third kappa shape index (κ3) is 1.12. The van der Waals surface area contributed by atoms with Crippen LogP contribution in [0.25, 0.3) is 11.0 Å². The first kappa shape index (κ1) is 8.03. The van der Waals surface area contributed by atoms with Gasteiger partial charge in [-0.05, 0) is 27.1 Å². The molecule has 1 atom stereocenters. The number of halogens is 1. The van der Waals surface area contributed by atoms with Crippen LogP contribution in [0.3, 0.4) is 0 Å². The number of hydrogen-bond donors (Lipinski definition) is 0. The average Bonchev–Trinajstić information content (AvgIpc) is 2.44. The van der Waals surface area contributed by atoms with E-state index in [2.05, 4.69) is 14.4 Å². The van der Waals surface area contributed by atoms with Crippen LogP contribution in [0.2, 0.25) is 0 Å². The van der Waals surface area contributed by atoms with Crippen molar-refractivity contribution in [3.8, 4) is 0 Å². The summed E-state index contributed by atoms with van der Waals surface area (Å²) in [5.74, 6) is 0.531. The van der Waals surface area contributed by atoms with Crippen LogP contribution >= 0.6 is 21.0 Å². The van der Waals surface area contributed by atoms with Crippen LogP contribution in [-0.4, -0.2) is 9.32 Å². The van der Waals surface area contributed by atoms with Crippen LogP contribution in [0.4, 0.5) is 0 Å². The van der Waals surface area contributed by atoms with E-state index >= 15 is 0 Å². The number of pyridine rings is 1. The van der Waals surface area contributed by atoms with Gasteiger partial charge < -0.3 is 4.34 Å². The highest BCUT2D eigenvalue weighted by Gasteiger charge is 2.04. The molecule has 0 aromatic carbocycles. The van der Waals surface area contributed by atoms with E-state index in [1.165, 1.54) is 0 Å². The van der Waals surface area contributed by atoms with Gasteiger partial charge in [0.15, 0.2) is 0 Å². The summed E-state index contributed by atoms with van der Waals surface area (Å²) in [4.78, 5) is 4.23. The molecular weight excluding hydrogens is 191 g/mol. The smallest absolute Gasteiger partial charge is 0.143 e. The lowest BCUT2D eigenvalue weighted by Crippen LogP contribution is -1.78. The SMILES string of the molecule is Pn1cc(CCl)c2cccnc21. The third-order valence-corrected chi connectivity index (χ3v) is 2.50. The van der Waals surface area contributed by atoms with Gasteiger partial charge in [0.1, 0.15) is 5.65 Å². The van der Waals surface area contributed by atoms with Crippen molar-refractivity contribution < 1.29 is 0 Å². The predicted molar refractivity (Wildman–Crippen MR) is 54.4 cm³/mol. The first-order chi connectivity index (χ1) is 5.83. The Labute approximate surface area is 77.8 Å². The van der Waals surface area contributed by atoms with Crippen molar-refractivity contribution in [2.45, 2.75) is 5.88 Å². The van der Waals surface area contributed by atoms with Crippen molar-refractivity contribution in [1.82, 2.24) is 9.32 Å². The normalized spacial score (nSPS) is 10.8. The van der Waals surface area contributed by atoms with Gasteiger partial charge >= 0.3 is 0 Å². The fraction of sp³-hybridized carbons (Fsp3) is 0.125. The van der Waals surface area contributed by atoms with E-state index in [1.807, 2.05) is 22.7 Å². The van der Waals surface area contributed by atoms with Crippen molar-refractivity contribution in [3.63, 3.8) is 0 Å². The maximum Gasteiger partial charge on any atom is 0.143 e. The maximum absolute atomic E-state index is 5.77. The quantitative estimate of drug-likeness (QED) is 0.508. The van der Waals surface area contributed by atoms with Crippen LogP contribution in [-0.2, 0) is 5.88 Å². The van der Waals surface area contributed by atoms with Crippen molar-refractivity contribution in [3.05, 3.63) is 30.1 Å². The Morgan fingerprint density at radius 2 is 2.42 bits per heavy atom. The molecule has 0 N–H and O–H groups in total. The van der Waals surface area contributed by atoms with Gasteiger partial charge in [-0.2, -0.15) is 0 Å². The number of rotatable bonds is 1. The predicted octanol–water partition coefficient (Wildman–Crippen LogP) is 2.41.